The van der Waals surface area contributed by atoms with E-state index < -0.39 is 16.1 Å². The number of fused-ring (bicyclic) bond motifs is 7. The van der Waals surface area contributed by atoms with Gasteiger partial charge in [0.2, 0.25) is 0 Å². The molecule has 254 valence electrons. The highest BCUT2D eigenvalue weighted by Crippen LogP contribution is 2.40. The van der Waals surface area contributed by atoms with Crippen molar-refractivity contribution in [3.05, 3.63) is 176 Å². The molecule has 0 fully saturated rings. The smallest absolute Gasteiger partial charge is 0.113 e. The zero-order chi connectivity index (χ0) is 35.9. The largest absolute Gasteiger partial charge is 0.310 e. The molecule has 2 aliphatic rings. The Labute approximate surface area is 314 Å². The van der Waals surface area contributed by atoms with Crippen LogP contribution in [0.2, 0.25) is 26.2 Å². The van der Waals surface area contributed by atoms with Crippen molar-refractivity contribution in [3.8, 4) is 44.5 Å². The second-order valence-corrected chi connectivity index (χ2v) is 24.5. The summed E-state index contributed by atoms with van der Waals surface area (Å²) in [6.07, 6.45) is 0. The number of anilines is 3. The molecule has 0 aromatic heterocycles. The Balaban J connectivity index is 1.08. The summed E-state index contributed by atoms with van der Waals surface area (Å²) in [6, 6.07) is 66.1. The topological polar surface area (TPSA) is 3.24 Å². The van der Waals surface area contributed by atoms with Gasteiger partial charge in [-0.2, -0.15) is 0 Å². The third kappa shape index (κ3) is 5.03. The van der Waals surface area contributed by atoms with Crippen LogP contribution in [0.15, 0.2) is 176 Å². The molecule has 0 aliphatic carbocycles. The maximum Gasteiger partial charge on any atom is 0.113 e. The van der Waals surface area contributed by atoms with E-state index in [4.69, 9.17) is 0 Å². The molecule has 1 nitrogen and oxygen atoms in total. The van der Waals surface area contributed by atoms with Crippen LogP contribution in [-0.2, 0) is 0 Å². The predicted octanol–water partition coefficient (Wildman–Crippen LogP) is 11.2. The molecule has 8 aromatic carbocycles. The Morgan fingerprint density at radius 2 is 0.792 bits per heavy atom. The lowest BCUT2D eigenvalue weighted by Crippen LogP contribution is -2.49. The second kappa shape index (κ2) is 11.9. The molecular weight excluding hydrogens is 671 g/mol. The maximum atomic E-state index is 2.50. The van der Waals surface area contributed by atoms with Gasteiger partial charge in [0.1, 0.15) is 16.1 Å². The first kappa shape index (κ1) is 31.9. The lowest BCUT2D eigenvalue weighted by molar-refractivity contribution is 1.29. The summed E-state index contributed by atoms with van der Waals surface area (Å²) in [6.45, 7) is 9.99. The normalized spacial score (nSPS) is 14.3. The van der Waals surface area contributed by atoms with Crippen LogP contribution in [0.25, 0.3) is 55.3 Å². The van der Waals surface area contributed by atoms with Gasteiger partial charge < -0.3 is 4.90 Å². The summed E-state index contributed by atoms with van der Waals surface area (Å²) in [7, 11) is -3.63. The highest BCUT2D eigenvalue weighted by atomic mass is 28.3. The van der Waals surface area contributed by atoms with E-state index in [1.807, 2.05) is 0 Å². The SMILES string of the molecule is C[Si]1(C)c2ccccc2-c2ccc(-c3ccc(N(c4cccc(-c5ccc6ccccc6c5)c4)c4ccc5c(c4)[Si](C)(C)c4ccccc4-5)cc3)cc21. The van der Waals surface area contributed by atoms with Gasteiger partial charge in [-0.05, 0) is 118 Å². The van der Waals surface area contributed by atoms with Gasteiger partial charge in [-0.3, -0.25) is 0 Å². The van der Waals surface area contributed by atoms with Crippen molar-refractivity contribution in [2.75, 3.05) is 4.90 Å². The van der Waals surface area contributed by atoms with Crippen LogP contribution in [0.4, 0.5) is 17.1 Å². The van der Waals surface area contributed by atoms with Crippen LogP contribution in [0.3, 0.4) is 0 Å². The number of benzene rings is 8. The van der Waals surface area contributed by atoms with Crippen molar-refractivity contribution < 1.29 is 0 Å². The van der Waals surface area contributed by atoms with Crippen LogP contribution in [-0.4, -0.2) is 16.1 Å². The highest BCUT2D eigenvalue weighted by molar-refractivity contribution is 7.04. The predicted molar refractivity (Wildman–Crippen MR) is 234 cm³/mol. The number of rotatable bonds is 5. The fraction of sp³-hybridized carbons (Fsp3) is 0.0800. The Morgan fingerprint density at radius 3 is 1.51 bits per heavy atom. The molecule has 0 atom stereocenters. The van der Waals surface area contributed by atoms with E-state index in [1.54, 1.807) is 10.4 Å². The standard InChI is InChI=1S/C50H41NSi2/c1-52(2)47-18-9-7-16-43(47)45-28-24-39(32-49(45)52)35-22-25-40(26-23-35)51(42-27-29-46-44-17-8-10-19-48(44)53(3,4)50(46)33-42)41-15-11-14-37(31-41)38-21-20-34-12-5-6-13-36(34)30-38/h5-33H,1-4H3. The zero-order valence-corrected chi connectivity index (χ0v) is 32.7. The average Bonchev–Trinajstić information content (AvgIpc) is 3.57. The van der Waals surface area contributed by atoms with Crippen molar-refractivity contribution in [2.24, 2.45) is 0 Å². The molecular formula is C50H41NSi2. The Morgan fingerprint density at radius 1 is 0.302 bits per heavy atom. The summed E-state index contributed by atoms with van der Waals surface area (Å²) < 4.78 is 0. The van der Waals surface area contributed by atoms with Crippen LogP contribution in [0, 0.1) is 0 Å². The van der Waals surface area contributed by atoms with Gasteiger partial charge in [0.05, 0.1) is 0 Å². The molecule has 0 amide bonds. The van der Waals surface area contributed by atoms with Crippen molar-refractivity contribution in [2.45, 2.75) is 26.2 Å². The van der Waals surface area contributed by atoms with E-state index >= 15 is 0 Å². The fourth-order valence-electron chi connectivity index (χ4n) is 9.16. The fourth-order valence-corrected chi connectivity index (χ4v) is 15.4. The molecule has 53 heavy (non-hydrogen) atoms. The number of nitrogens with zero attached hydrogens (tertiary/aromatic N) is 1. The van der Waals surface area contributed by atoms with E-state index in [0.717, 1.165) is 11.4 Å². The minimum atomic E-state index is -1.87. The molecule has 0 spiro atoms. The van der Waals surface area contributed by atoms with Crippen LogP contribution >= 0.6 is 0 Å². The minimum Gasteiger partial charge on any atom is -0.310 e. The Hall–Kier alpha value is -5.75. The Kier molecular flexibility index (Phi) is 7.17. The highest BCUT2D eigenvalue weighted by Gasteiger charge is 2.38. The second-order valence-electron chi connectivity index (χ2n) is 15.8. The maximum absolute atomic E-state index is 2.50. The summed E-state index contributed by atoms with van der Waals surface area (Å²) in [5, 5.41) is 8.65. The van der Waals surface area contributed by atoms with Crippen LogP contribution in [0.1, 0.15) is 0 Å². The first-order valence-electron chi connectivity index (χ1n) is 18.8. The first-order valence-corrected chi connectivity index (χ1v) is 24.8. The molecule has 2 aliphatic heterocycles. The quantitative estimate of drug-likeness (QED) is 0.161. The molecule has 0 unspecified atom stereocenters. The third-order valence-corrected chi connectivity index (χ3v) is 19.1. The molecule has 0 radical (unpaired) electrons. The van der Waals surface area contributed by atoms with Crippen molar-refractivity contribution in [1.82, 2.24) is 0 Å². The van der Waals surface area contributed by atoms with Gasteiger partial charge in [-0.25, -0.2) is 0 Å². The summed E-state index contributed by atoms with van der Waals surface area (Å²) in [4.78, 5) is 2.46. The summed E-state index contributed by atoms with van der Waals surface area (Å²) in [5.41, 5.74) is 14.1. The molecule has 3 heteroatoms. The van der Waals surface area contributed by atoms with Crippen molar-refractivity contribution in [1.29, 1.82) is 0 Å². The van der Waals surface area contributed by atoms with Gasteiger partial charge in [-0.15, -0.1) is 0 Å². The summed E-state index contributed by atoms with van der Waals surface area (Å²) in [5.74, 6) is 0. The van der Waals surface area contributed by atoms with Crippen molar-refractivity contribution in [3.63, 3.8) is 0 Å². The number of hydrogen-bond donors (Lipinski definition) is 0. The molecule has 0 bridgehead atoms. The summed E-state index contributed by atoms with van der Waals surface area (Å²) >= 11 is 0. The molecule has 0 saturated carbocycles. The van der Waals surface area contributed by atoms with Gasteiger partial charge in [0.15, 0.2) is 0 Å². The van der Waals surface area contributed by atoms with Crippen molar-refractivity contribution >= 4 is 64.7 Å². The number of hydrogen-bond acceptors (Lipinski definition) is 1. The van der Waals surface area contributed by atoms with E-state index in [9.17, 15) is 0 Å². The van der Waals surface area contributed by atoms with Gasteiger partial charge >= 0.3 is 0 Å². The van der Waals surface area contributed by atoms with E-state index in [-0.39, 0.29) is 0 Å². The lowest BCUT2D eigenvalue weighted by Gasteiger charge is -2.28. The molecule has 0 N–H and O–H groups in total. The third-order valence-electron chi connectivity index (χ3n) is 12.1. The van der Waals surface area contributed by atoms with E-state index in [2.05, 4.69) is 207 Å². The van der Waals surface area contributed by atoms with Crippen LogP contribution in [0.5, 0.6) is 0 Å². The van der Waals surface area contributed by atoms with E-state index in [1.165, 1.54) is 71.3 Å². The first-order chi connectivity index (χ1) is 25.8. The van der Waals surface area contributed by atoms with Gasteiger partial charge in [0.25, 0.3) is 0 Å². The average molecular weight is 712 g/mol. The lowest BCUT2D eigenvalue weighted by atomic mass is 9.99. The molecule has 10 rings (SSSR count). The van der Waals surface area contributed by atoms with Gasteiger partial charge in [0, 0.05) is 17.1 Å². The minimum absolute atomic E-state index is 1.15. The molecule has 0 saturated heterocycles. The zero-order valence-electron chi connectivity index (χ0n) is 30.7. The van der Waals surface area contributed by atoms with E-state index in [0.29, 0.717) is 0 Å². The van der Waals surface area contributed by atoms with Crippen LogP contribution < -0.4 is 25.6 Å². The van der Waals surface area contributed by atoms with Gasteiger partial charge in [-0.1, -0.05) is 160 Å². The molecule has 2 heterocycles. The monoisotopic (exact) mass is 711 g/mol. The Bertz CT molecular complexity index is 2740. The molecule has 8 aromatic rings.